The highest BCUT2D eigenvalue weighted by molar-refractivity contribution is 9.10. The number of benzene rings is 1. The summed E-state index contributed by atoms with van der Waals surface area (Å²) in [6.45, 7) is 3.21. The smallest absolute Gasteiger partial charge is 0.124 e. The summed E-state index contributed by atoms with van der Waals surface area (Å²) in [5, 5.41) is 2.04. The predicted octanol–water partition coefficient (Wildman–Crippen LogP) is 4.49. The summed E-state index contributed by atoms with van der Waals surface area (Å²) >= 11 is 5.16. The van der Waals surface area contributed by atoms with Crippen LogP contribution in [-0.4, -0.2) is 6.61 Å². The van der Waals surface area contributed by atoms with Crippen LogP contribution in [0.25, 0.3) is 0 Å². The Morgan fingerprint density at radius 3 is 2.59 bits per heavy atom. The minimum atomic E-state index is 0.577. The van der Waals surface area contributed by atoms with Gasteiger partial charge in [0, 0.05) is 10.5 Å². The van der Waals surface area contributed by atoms with E-state index >= 15 is 0 Å². The molecule has 2 aromatic rings. The molecule has 0 radical (unpaired) electrons. The Morgan fingerprint density at radius 2 is 1.94 bits per heavy atom. The van der Waals surface area contributed by atoms with Crippen LogP contribution in [0.3, 0.4) is 0 Å². The van der Waals surface area contributed by atoms with Gasteiger partial charge < -0.3 is 9.47 Å². The van der Waals surface area contributed by atoms with Crippen molar-refractivity contribution in [3.8, 4) is 11.5 Å². The molecule has 1 aromatic carbocycles. The first-order chi connectivity index (χ1) is 8.29. The zero-order valence-electron chi connectivity index (χ0n) is 9.48. The number of halogens is 1. The first-order valence-electron chi connectivity index (χ1n) is 5.37. The van der Waals surface area contributed by atoms with Crippen molar-refractivity contribution in [3.05, 3.63) is 45.1 Å². The Labute approximate surface area is 113 Å². The fourth-order valence-corrected chi connectivity index (χ4v) is 2.78. The van der Waals surface area contributed by atoms with Gasteiger partial charge in [-0.05, 0) is 46.4 Å². The fraction of sp³-hybridized carbons (Fsp3) is 0.231. The van der Waals surface area contributed by atoms with Crippen molar-refractivity contribution in [3.63, 3.8) is 0 Å². The number of hydrogen-bond acceptors (Lipinski definition) is 3. The van der Waals surface area contributed by atoms with Crippen LogP contribution in [0.1, 0.15) is 11.8 Å². The molecule has 90 valence electrons. The van der Waals surface area contributed by atoms with Gasteiger partial charge in [0.15, 0.2) is 0 Å². The molecule has 0 saturated carbocycles. The molecular formula is C13H13BrO2S. The summed E-state index contributed by atoms with van der Waals surface area (Å²) < 4.78 is 12.2. The quantitative estimate of drug-likeness (QED) is 0.810. The molecule has 0 fully saturated rings. The minimum absolute atomic E-state index is 0.577. The molecule has 0 N–H and O–H groups in total. The van der Waals surface area contributed by atoms with Crippen LogP contribution < -0.4 is 9.47 Å². The molecule has 1 heterocycles. The lowest BCUT2D eigenvalue weighted by Crippen LogP contribution is -1.95. The number of hydrogen-bond donors (Lipinski definition) is 0. The largest absolute Gasteiger partial charge is 0.494 e. The molecule has 0 spiro atoms. The molecule has 0 bridgehead atoms. The van der Waals surface area contributed by atoms with E-state index in [4.69, 9.17) is 9.47 Å². The maximum absolute atomic E-state index is 5.72. The molecule has 0 saturated heterocycles. The van der Waals surface area contributed by atoms with E-state index in [2.05, 4.69) is 15.9 Å². The molecule has 0 aliphatic carbocycles. The van der Waals surface area contributed by atoms with Gasteiger partial charge >= 0.3 is 0 Å². The summed E-state index contributed by atoms with van der Waals surface area (Å²) in [6, 6.07) is 9.73. The molecule has 17 heavy (non-hydrogen) atoms. The van der Waals surface area contributed by atoms with Gasteiger partial charge in [-0.2, -0.15) is 0 Å². The normalized spacial score (nSPS) is 10.2. The topological polar surface area (TPSA) is 18.5 Å². The van der Waals surface area contributed by atoms with E-state index in [-0.39, 0.29) is 0 Å². The zero-order valence-corrected chi connectivity index (χ0v) is 11.9. The van der Waals surface area contributed by atoms with Crippen molar-refractivity contribution in [2.45, 2.75) is 13.5 Å². The van der Waals surface area contributed by atoms with E-state index in [1.807, 2.05) is 42.6 Å². The van der Waals surface area contributed by atoms with E-state index in [1.54, 1.807) is 11.3 Å². The van der Waals surface area contributed by atoms with Crippen molar-refractivity contribution in [2.75, 3.05) is 6.61 Å². The molecule has 0 amide bonds. The average Bonchev–Trinajstić information content (AvgIpc) is 2.73. The standard InChI is InChI=1S/C13H13BrO2S/c1-2-15-10-4-3-5-11(8-10)16-9-13-12(14)6-7-17-13/h3-8H,2,9H2,1H3. The lowest BCUT2D eigenvalue weighted by atomic mass is 10.3. The fourth-order valence-electron chi connectivity index (χ4n) is 1.40. The Balaban J connectivity index is 1.99. The Kier molecular flexibility index (Phi) is 4.45. The summed E-state index contributed by atoms with van der Waals surface area (Å²) in [6.07, 6.45) is 0. The van der Waals surface area contributed by atoms with Crippen LogP contribution in [0.4, 0.5) is 0 Å². The van der Waals surface area contributed by atoms with Gasteiger partial charge in [0.1, 0.15) is 18.1 Å². The van der Waals surface area contributed by atoms with Crippen LogP contribution in [0, 0.1) is 0 Å². The van der Waals surface area contributed by atoms with Crippen LogP contribution in [0.15, 0.2) is 40.2 Å². The molecule has 1 aromatic heterocycles. The van der Waals surface area contributed by atoms with Gasteiger partial charge in [0.05, 0.1) is 11.5 Å². The van der Waals surface area contributed by atoms with Crippen molar-refractivity contribution >= 4 is 27.3 Å². The van der Waals surface area contributed by atoms with E-state index in [0.29, 0.717) is 13.2 Å². The van der Waals surface area contributed by atoms with Gasteiger partial charge in [-0.1, -0.05) is 6.07 Å². The van der Waals surface area contributed by atoms with Crippen molar-refractivity contribution in [2.24, 2.45) is 0 Å². The van der Waals surface area contributed by atoms with Crippen molar-refractivity contribution in [1.82, 2.24) is 0 Å². The number of ether oxygens (including phenoxy) is 2. The summed E-state index contributed by atoms with van der Waals surface area (Å²) in [7, 11) is 0. The minimum Gasteiger partial charge on any atom is -0.494 e. The lowest BCUT2D eigenvalue weighted by molar-refractivity contribution is 0.302. The second-order valence-corrected chi connectivity index (χ2v) is 5.24. The first kappa shape index (κ1) is 12.5. The zero-order chi connectivity index (χ0) is 12.1. The van der Waals surface area contributed by atoms with E-state index in [9.17, 15) is 0 Å². The molecular weight excluding hydrogens is 300 g/mol. The number of thiophene rings is 1. The second kappa shape index (κ2) is 6.07. The summed E-state index contributed by atoms with van der Waals surface area (Å²) in [5.74, 6) is 1.67. The Hall–Kier alpha value is -1.00. The average molecular weight is 313 g/mol. The van der Waals surface area contributed by atoms with Crippen LogP contribution in [0.2, 0.25) is 0 Å². The molecule has 2 nitrogen and oxygen atoms in total. The van der Waals surface area contributed by atoms with Crippen LogP contribution in [0.5, 0.6) is 11.5 Å². The molecule has 4 heteroatoms. The van der Waals surface area contributed by atoms with Crippen LogP contribution >= 0.6 is 27.3 Å². The van der Waals surface area contributed by atoms with Crippen molar-refractivity contribution in [1.29, 1.82) is 0 Å². The maximum atomic E-state index is 5.72. The molecule has 0 unspecified atom stereocenters. The maximum Gasteiger partial charge on any atom is 0.124 e. The monoisotopic (exact) mass is 312 g/mol. The van der Waals surface area contributed by atoms with Gasteiger partial charge in [0.25, 0.3) is 0 Å². The van der Waals surface area contributed by atoms with E-state index in [1.165, 1.54) is 4.88 Å². The first-order valence-corrected chi connectivity index (χ1v) is 7.04. The Morgan fingerprint density at radius 1 is 1.18 bits per heavy atom. The Bertz CT molecular complexity index is 482. The third kappa shape index (κ3) is 3.48. The summed E-state index contributed by atoms with van der Waals surface area (Å²) in [4.78, 5) is 1.19. The van der Waals surface area contributed by atoms with E-state index in [0.717, 1.165) is 16.0 Å². The van der Waals surface area contributed by atoms with Gasteiger partial charge in [0.2, 0.25) is 0 Å². The van der Waals surface area contributed by atoms with Crippen LogP contribution in [-0.2, 0) is 6.61 Å². The van der Waals surface area contributed by atoms with E-state index < -0.39 is 0 Å². The van der Waals surface area contributed by atoms with Gasteiger partial charge in [-0.15, -0.1) is 11.3 Å². The third-order valence-corrected chi connectivity index (χ3v) is 4.08. The summed E-state index contributed by atoms with van der Waals surface area (Å²) in [5.41, 5.74) is 0. The SMILES string of the molecule is CCOc1cccc(OCc2sccc2Br)c1. The van der Waals surface area contributed by atoms with Crippen molar-refractivity contribution < 1.29 is 9.47 Å². The molecule has 0 aliphatic rings. The highest BCUT2D eigenvalue weighted by Gasteiger charge is 2.03. The van der Waals surface area contributed by atoms with Gasteiger partial charge in [-0.25, -0.2) is 0 Å². The number of rotatable bonds is 5. The highest BCUT2D eigenvalue weighted by atomic mass is 79.9. The highest BCUT2D eigenvalue weighted by Crippen LogP contribution is 2.25. The molecule has 2 rings (SSSR count). The lowest BCUT2D eigenvalue weighted by Gasteiger charge is -2.07. The molecule has 0 atom stereocenters. The predicted molar refractivity (Wildman–Crippen MR) is 74.0 cm³/mol. The second-order valence-electron chi connectivity index (χ2n) is 3.39. The third-order valence-electron chi connectivity index (χ3n) is 2.18. The van der Waals surface area contributed by atoms with Gasteiger partial charge in [-0.3, -0.25) is 0 Å². The molecule has 0 aliphatic heterocycles.